The van der Waals surface area contributed by atoms with E-state index in [2.05, 4.69) is 46.2 Å². The highest BCUT2D eigenvalue weighted by atomic mass is 127. The van der Waals surface area contributed by atoms with Crippen LogP contribution in [0.3, 0.4) is 0 Å². The van der Waals surface area contributed by atoms with Gasteiger partial charge in [-0.2, -0.15) is 5.10 Å². The smallest absolute Gasteiger partial charge is 0.316 e. The normalized spacial score (nSPS) is 21.3. The quantitative estimate of drug-likeness (QED) is 0.280. The molecule has 1 aliphatic rings. The summed E-state index contributed by atoms with van der Waals surface area (Å²) in [6.07, 6.45) is 5.22. The Balaban J connectivity index is 1.93. The Morgan fingerprint density at radius 2 is 2.20 bits per heavy atom. The van der Waals surface area contributed by atoms with Crippen LogP contribution < -0.4 is 0 Å². The van der Waals surface area contributed by atoms with Gasteiger partial charge >= 0.3 is 5.97 Å². The van der Waals surface area contributed by atoms with Crippen molar-refractivity contribution in [2.75, 3.05) is 6.61 Å². The molecule has 1 aromatic heterocycles. The van der Waals surface area contributed by atoms with E-state index in [-0.39, 0.29) is 17.7 Å². The zero-order valence-corrected chi connectivity index (χ0v) is 17.6. The second-order valence-electron chi connectivity index (χ2n) is 6.31. The molecule has 134 valence electrons. The number of nitrogens with zero attached hydrogens (tertiary/aromatic N) is 2. The zero-order valence-electron chi connectivity index (χ0n) is 14.4. The van der Waals surface area contributed by atoms with Crippen molar-refractivity contribution in [3.8, 4) is 0 Å². The molecule has 2 aromatic rings. The van der Waals surface area contributed by atoms with E-state index in [0.29, 0.717) is 25.8 Å². The van der Waals surface area contributed by atoms with Gasteiger partial charge in [0.2, 0.25) is 0 Å². The summed E-state index contributed by atoms with van der Waals surface area (Å²) < 4.78 is 7.06. The highest BCUT2D eigenvalue weighted by Crippen LogP contribution is 2.40. The number of hydrogen-bond acceptors (Lipinski definition) is 4. The maximum absolute atomic E-state index is 12.6. The van der Waals surface area contributed by atoms with Crippen LogP contribution in [0.15, 0.2) is 18.3 Å². The van der Waals surface area contributed by atoms with E-state index in [1.165, 1.54) is 11.1 Å². The van der Waals surface area contributed by atoms with Crippen LogP contribution in [0.5, 0.6) is 0 Å². The minimum atomic E-state index is -0.584. The fourth-order valence-electron chi connectivity index (χ4n) is 3.78. The van der Waals surface area contributed by atoms with E-state index >= 15 is 0 Å². The average Bonchev–Trinajstić information content (AvgIpc) is 3.03. The minimum Gasteiger partial charge on any atom is -0.465 e. The number of esters is 1. The summed E-state index contributed by atoms with van der Waals surface area (Å²) in [5.41, 5.74) is 3.65. The Morgan fingerprint density at radius 3 is 2.84 bits per heavy atom. The highest BCUT2D eigenvalue weighted by molar-refractivity contribution is 14.2. The Morgan fingerprint density at radius 1 is 1.40 bits per heavy atom. The molecule has 0 N–H and O–H groups in total. The molecule has 1 aromatic carbocycles. The first-order valence-electron chi connectivity index (χ1n) is 8.66. The van der Waals surface area contributed by atoms with Gasteiger partial charge in [-0.05, 0) is 71.3 Å². The molecule has 0 saturated heterocycles. The lowest BCUT2D eigenvalue weighted by atomic mass is 9.75. The van der Waals surface area contributed by atoms with Crippen molar-refractivity contribution in [2.45, 2.75) is 45.4 Å². The Labute approximate surface area is 162 Å². The van der Waals surface area contributed by atoms with E-state index in [4.69, 9.17) is 4.74 Å². The molecule has 1 heterocycles. The molecule has 25 heavy (non-hydrogen) atoms. The Kier molecular flexibility index (Phi) is 6.10. The molecule has 7 heteroatoms. The molecule has 1 fully saturated rings. The van der Waals surface area contributed by atoms with Gasteiger partial charge in [-0.25, -0.2) is 4.45 Å². The molecule has 0 amide bonds. The summed E-state index contributed by atoms with van der Waals surface area (Å²) in [5.74, 6) is -0.776. The predicted octanol–water partition coefficient (Wildman–Crippen LogP) is 4.41. The van der Waals surface area contributed by atoms with Crippen LogP contribution in [0.25, 0.3) is 10.9 Å². The van der Waals surface area contributed by atoms with E-state index in [1.54, 1.807) is 6.92 Å². The monoisotopic (exact) mass is 472 g/mol. The molecule has 0 aliphatic heterocycles. The standard InChI is InChI=1S/C18H22IN2O3P/c1-3-11-6-8-15-14(10-20-21(15)25-19)17(11)12-5-7-13(16(22)9-12)18(23)24-4-2/h6,8,10,12-13,25H,3-5,7,9H2,1-2H3. The summed E-state index contributed by atoms with van der Waals surface area (Å²) in [5, 5.41) is 5.64. The number of fused-ring (bicyclic) bond motifs is 1. The number of benzene rings is 1. The molecule has 3 atom stereocenters. The lowest BCUT2D eigenvalue weighted by Gasteiger charge is -2.28. The molecule has 5 nitrogen and oxygen atoms in total. The number of carbonyl (C=O) groups excluding carboxylic acids is 2. The van der Waals surface area contributed by atoms with Crippen LogP contribution in [0.2, 0.25) is 0 Å². The second kappa shape index (κ2) is 8.12. The number of halogens is 1. The molecule has 3 rings (SSSR count). The summed E-state index contributed by atoms with van der Waals surface area (Å²) in [7, 11) is 0. The van der Waals surface area contributed by atoms with Gasteiger partial charge in [0.05, 0.1) is 24.7 Å². The van der Waals surface area contributed by atoms with Gasteiger partial charge in [-0.3, -0.25) is 9.59 Å². The minimum absolute atomic E-state index is 0.0110. The van der Waals surface area contributed by atoms with Gasteiger partial charge in [0, 0.05) is 11.8 Å². The van der Waals surface area contributed by atoms with Crippen molar-refractivity contribution in [3.63, 3.8) is 0 Å². The average molecular weight is 472 g/mol. The SMILES string of the molecule is CCOC(=O)C1CCC(c2c(CC)ccc3c2cnn3PI)CC1=O. The maximum atomic E-state index is 12.6. The summed E-state index contributed by atoms with van der Waals surface area (Å²) in [6.45, 7) is 4.23. The zero-order chi connectivity index (χ0) is 18.0. The number of hydrogen-bond donors (Lipinski definition) is 0. The van der Waals surface area contributed by atoms with Crippen LogP contribution in [0, 0.1) is 5.92 Å². The number of rotatable bonds is 5. The van der Waals surface area contributed by atoms with Gasteiger partial charge in [0.15, 0.2) is 0 Å². The molecule has 3 unspecified atom stereocenters. The van der Waals surface area contributed by atoms with Crippen LogP contribution in [-0.2, 0) is 20.7 Å². The number of carbonyl (C=O) groups is 2. The fraction of sp³-hybridized carbons (Fsp3) is 0.500. The van der Waals surface area contributed by atoms with Gasteiger partial charge in [0.1, 0.15) is 11.7 Å². The topological polar surface area (TPSA) is 61.2 Å². The number of ketones is 1. The lowest BCUT2D eigenvalue weighted by Crippen LogP contribution is -2.32. The molecule has 0 spiro atoms. The predicted molar refractivity (Wildman–Crippen MR) is 109 cm³/mol. The van der Waals surface area contributed by atoms with Crippen LogP contribution in [0.4, 0.5) is 0 Å². The first kappa shape index (κ1) is 18.8. The summed E-state index contributed by atoms with van der Waals surface area (Å²) in [4.78, 5) is 24.5. The molecule has 0 radical (unpaired) electrons. The van der Waals surface area contributed by atoms with Crippen molar-refractivity contribution in [3.05, 3.63) is 29.5 Å². The molecule has 1 saturated carbocycles. The third-order valence-corrected chi connectivity index (χ3v) is 6.85. The third-order valence-electron chi connectivity index (χ3n) is 4.97. The molecule has 0 bridgehead atoms. The van der Waals surface area contributed by atoms with Crippen molar-refractivity contribution in [2.24, 2.45) is 5.92 Å². The molecule has 1 aliphatic carbocycles. The van der Waals surface area contributed by atoms with Crippen LogP contribution in [-0.4, -0.2) is 27.9 Å². The van der Waals surface area contributed by atoms with Crippen molar-refractivity contribution in [1.82, 2.24) is 9.55 Å². The second-order valence-corrected chi connectivity index (χ2v) is 8.35. The Hall–Kier alpha value is -1.01. The highest BCUT2D eigenvalue weighted by Gasteiger charge is 2.36. The van der Waals surface area contributed by atoms with Crippen LogP contribution >= 0.6 is 28.4 Å². The van der Waals surface area contributed by atoms with Gasteiger partial charge < -0.3 is 4.74 Å². The van der Waals surface area contributed by atoms with Crippen molar-refractivity contribution >= 4 is 51.1 Å². The number of aromatic nitrogens is 2. The van der Waals surface area contributed by atoms with E-state index in [1.807, 2.05) is 10.6 Å². The summed E-state index contributed by atoms with van der Waals surface area (Å²) in [6, 6.07) is 4.29. The van der Waals surface area contributed by atoms with E-state index in [9.17, 15) is 9.59 Å². The van der Waals surface area contributed by atoms with E-state index < -0.39 is 5.92 Å². The third kappa shape index (κ3) is 3.61. The first-order valence-corrected chi connectivity index (χ1v) is 12.7. The first-order chi connectivity index (χ1) is 12.1. The van der Waals surface area contributed by atoms with Crippen molar-refractivity contribution in [1.29, 1.82) is 0 Å². The number of ether oxygens (including phenoxy) is 1. The molecular formula is C18H22IN2O3P. The van der Waals surface area contributed by atoms with Crippen LogP contribution in [0.1, 0.15) is 50.2 Å². The number of aryl methyl sites for hydroxylation is 1. The largest absolute Gasteiger partial charge is 0.465 e. The van der Waals surface area contributed by atoms with E-state index in [0.717, 1.165) is 23.7 Å². The van der Waals surface area contributed by atoms with Gasteiger partial charge in [0.25, 0.3) is 0 Å². The fourth-order valence-corrected chi connectivity index (χ4v) is 5.32. The Bertz CT molecular complexity index is 805. The maximum Gasteiger partial charge on any atom is 0.316 e. The van der Waals surface area contributed by atoms with Crippen molar-refractivity contribution < 1.29 is 14.3 Å². The number of Topliss-reactive ketones (excluding diaryl/α,β-unsaturated/α-hetero) is 1. The summed E-state index contributed by atoms with van der Waals surface area (Å²) >= 11 is 2.33. The van der Waals surface area contributed by atoms with Gasteiger partial charge in [-0.15, -0.1) is 0 Å². The lowest BCUT2D eigenvalue weighted by molar-refractivity contribution is -0.152. The molecular weight excluding hydrogens is 450 g/mol. The van der Waals surface area contributed by atoms with Gasteiger partial charge in [-0.1, -0.05) is 13.0 Å².